The van der Waals surface area contributed by atoms with Crippen LogP contribution in [0.15, 0.2) is 23.1 Å². The molecule has 0 heterocycles. The van der Waals surface area contributed by atoms with E-state index in [1.54, 1.807) is 6.07 Å². The van der Waals surface area contributed by atoms with Gasteiger partial charge in [0.25, 0.3) is 0 Å². The molecule has 21 heavy (non-hydrogen) atoms. The van der Waals surface area contributed by atoms with Gasteiger partial charge in [-0.3, -0.25) is 0 Å². The maximum Gasteiger partial charge on any atom is 0.244 e. The Hall–Kier alpha value is -1.31. The van der Waals surface area contributed by atoms with Crippen molar-refractivity contribution >= 4 is 15.7 Å². The zero-order valence-corrected chi connectivity index (χ0v) is 13.5. The van der Waals surface area contributed by atoms with Gasteiger partial charge in [0, 0.05) is 18.8 Å². The van der Waals surface area contributed by atoms with Crippen molar-refractivity contribution in [1.29, 1.82) is 0 Å². The third kappa shape index (κ3) is 5.18. The van der Waals surface area contributed by atoms with Gasteiger partial charge in [-0.05, 0) is 36.5 Å². The highest BCUT2D eigenvalue weighted by molar-refractivity contribution is 7.89. The standard InChI is InChI=1S/C14H24N2O4S/c1-14(2,7-4-8-17)10-16-21(18,19)13-9-11(15)5-6-12(13)20-3/h5-6,9,16-17H,4,7-8,10,15H2,1-3H3. The van der Waals surface area contributed by atoms with Crippen molar-refractivity contribution in [3.05, 3.63) is 18.2 Å². The van der Waals surface area contributed by atoms with Crippen molar-refractivity contribution in [2.45, 2.75) is 31.6 Å². The number of nitrogens with two attached hydrogens (primary N) is 1. The number of aliphatic hydroxyl groups excluding tert-OH is 1. The highest BCUT2D eigenvalue weighted by Gasteiger charge is 2.24. The van der Waals surface area contributed by atoms with E-state index in [-0.39, 0.29) is 29.2 Å². The maximum atomic E-state index is 12.4. The molecule has 0 bridgehead atoms. The number of benzene rings is 1. The number of sulfonamides is 1. The lowest BCUT2D eigenvalue weighted by molar-refractivity contribution is 0.242. The van der Waals surface area contributed by atoms with Gasteiger partial charge in [-0.1, -0.05) is 13.8 Å². The average molecular weight is 316 g/mol. The topological polar surface area (TPSA) is 102 Å². The van der Waals surface area contributed by atoms with Crippen molar-refractivity contribution in [2.24, 2.45) is 5.41 Å². The molecule has 0 unspecified atom stereocenters. The van der Waals surface area contributed by atoms with Crippen molar-refractivity contribution < 1.29 is 18.3 Å². The number of nitrogen functional groups attached to an aromatic ring is 1. The fourth-order valence-corrected chi connectivity index (χ4v) is 3.36. The summed E-state index contributed by atoms with van der Waals surface area (Å²) in [6.07, 6.45) is 1.36. The lowest BCUT2D eigenvalue weighted by atomic mass is 9.88. The smallest absolute Gasteiger partial charge is 0.244 e. The summed E-state index contributed by atoms with van der Waals surface area (Å²) in [6, 6.07) is 4.49. The summed E-state index contributed by atoms with van der Waals surface area (Å²) < 4.78 is 32.4. The largest absolute Gasteiger partial charge is 0.495 e. The minimum Gasteiger partial charge on any atom is -0.495 e. The van der Waals surface area contributed by atoms with E-state index in [2.05, 4.69) is 4.72 Å². The normalized spacial score (nSPS) is 12.4. The minimum atomic E-state index is -3.70. The zero-order valence-electron chi connectivity index (χ0n) is 12.7. The zero-order chi connectivity index (χ0) is 16.1. The molecular weight excluding hydrogens is 292 g/mol. The van der Waals surface area contributed by atoms with Crippen LogP contribution in [0.4, 0.5) is 5.69 Å². The first-order valence-corrected chi connectivity index (χ1v) is 8.24. The molecule has 0 saturated carbocycles. The second kappa shape index (κ2) is 7.11. The van der Waals surface area contributed by atoms with Crippen LogP contribution in [0, 0.1) is 5.41 Å². The predicted molar refractivity (Wildman–Crippen MR) is 82.7 cm³/mol. The molecule has 4 N–H and O–H groups in total. The van der Waals surface area contributed by atoms with Crippen LogP contribution in [0.1, 0.15) is 26.7 Å². The van der Waals surface area contributed by atoms with Gasteiger partial charge < -0.3 is 15.6 Å². The second-order valence-electron chi connectivity index (χ2n) is 5.73. The number of anilines is 1. The predicted octanol–water partition coefficient (Wildman–Crippen LogP) is 1.35. The maximum absolute atomic E-state index is 12.4. The van der Waals surface area contributed by atoms with Crippen LogP contribution < -0.4 is 15.2 Å². The molecule has 0 radical (unpaired) electrons. The number of hydrogen-bond donors (Lipinski definition) is 3. The molecule has 0 atom stereocenters. The molecule has 0 amide bonds. The van der Waals surface area contributed by atoms with Gasteiger partial charge in [-0.2, -0.15) is 0 Å². The Morgan fingerprint density at radius 3 is 2.62 bits per heavy atom. The van der Waals surface area contributed by atoms with E-state index in [1.807, 2.05) is 13.8 Å². The molecule has 6 nitrogen and oxygen atoms in total. The molecule has 0 saturated heterocycles. The number of hydrogen-bond acceptors (Lipinski definition) is 5. The van der Waals surface area contributed by atoms with E-state index in [0.717, 1.165) is 6.42 Å². The first kappa shape index (κ1) is 17.7. The highest BCUT2D eigenvalue weighted by Crippen LogP contribution is 2.27. The van der Waals surface area contributed by atoms with E-state index >= 15 is 0 Å². The number of aliphatic hydroxyl groups is 1. The summed E-state index contributed by atoms with van der Waals surface area (Å²) in [6.45, 7) is 4.26. The quantitative estimate of drug-likeness (QED) is 0.628. The lowest BCUT2D eigenvalue weighted by Crippen LogP contribution is -2.34. The van der Waals surface area contributed by atoms with E-state index < -0.39 is 10.0 Å². The van der Waals surface area contributed by atoms with E-state index in [1.165, 1.54) is 19.2 Å². The van der Waals surface area contributed by atoms with E-state index in [4.69, 9.17) is 15.6 Å². The molecule has 1 rings (SSSR count). The summed E-state index contributed by atoms with van der Waals surface area (Å²) in [5.41, 5.74) is 5.76. The van der Waals surface area contributed by atoms with Crippen molar-refractivity contribution in [1.82, 2.24) is 4.72 Å². The molecule has 0 aromatic heterocycles. The number of methoxy groups -OCH3 is 1. The summed E-state index contributed by atoms with van der Waals surface area (Å²) in [5, 5.41) is 8.87. The minimum absolute atomic E-state index is 0.0305. The Bertz CT molecular complexity index is 570. The van der Waals surface area contributed by atoms with Crippen LogP contribution in [0.2, 0.25) is 0 Å². The first-order chi connectivity index (χ1) is 9.72. The highest BCUT2D eigenvalue weighted by atomic mass is 32.2. The van der Waals surface area contributed by atoms with Crippen LogP contribution >= 0.6 is 0 Å². The Balaban J connectivity index is 2.90. The Morgan fingerprint density at radius 1 is 1.38 bits per heavy atom. The summed E-state index contributed by atoms with van der Waals surface area (Å²) in [7, 11) is -2.29. The van der Waals surface area contributed by atoms with Gasteiger partial charge in [-0.15, -0.1) is 0 Å². The van der Waals surface area contributed by atoms with Crippen molar-refractivity contribution in [3.63, 3.8) is 0 Å². The summed E-state index contributed by atoms with van der Waals surface area (Å²) in [5.74, 6) is 0.255. The van der Waals surface area contributed by atoms with Crippen LogP contribution in [0.5, 0.6) is 5.75 Å². The summed E-state index contributed by atoms with van der Waals surface area (Å²) >= 11 is 0. The Kier molecular flexibility index (Phi) is 6.00. The molecule has 0 aliphatic rings. The van der Waals surface area contributed by atoms with Crippen LogP contribution in [0.3, 0.4) is 0 Å². The molecule has 1 aromatic rings. The molecular formula is C14H24N2O4S. The van der Waals surface area contributed by atoms with Gasteiger partial charge >= 0.3 is 0 Å². The number of rotatable bonds is 8. The van der Waals surface area contributed by atoms with Gasteiger partial charge in [-0.25, -0.2) is 13.1 Å². The molecule has 0 spiro atoms. The van der Waals surface area contributed by atoms with E-state index in [0.29, 0.717) is 12.1 Å². The molecule has 0 aliphatic heterocycles. The van der Waals surface area contributed by atoms with Crippen molar-refractivity contribution in [3.8, 4) is 5.75 Å². The molecule has 0 fully saturated rings. The van der Waals surface area contributed by atoms with Gasteiger partial charge in [0.2, 0.25) is 10.0 Å². The average Bonchev–Trinajstić information content (AvgIpc) is 2.43. The Morgan fingerprint density at radius 2 is 2.05 bits per heavy atom. The van der Waals surface area contributed by atoms with Crippen LogP contribution in [0.25, 0.3) is 0 Å². The first-order valence-electron chi connectivity index (χ1n) is 6.76. The summed E-state index contributed by atoms with van der Waals surface area (Å²) in [4.78, 5) is 0.0305. The van der Waals surface area contributed by atoms with Crippen LogP contribution in [-0.4, -0.2) is 33.8 Å². The number of nitrogens with one attached hydrogen (secondary N) is 1. The second-order valence-corrected chi connectivity index (χ2v) is 7.46. The number of ether oxygens (including phenoxy) is 1. The monoisotopic (exact) mass is 316 g/mol. The van der Waals surface area contributed by atoms with Gasteiger partial charge in [0.05, 0.1) is 7.11 Å². The van der Waals surface area contributed by atoms with E-state index in [9.17, 15) is 8.42 Å². The third-order valence-electron chi connectivity index (χ3n) is 3.23. The van der Waals surface area contributed by atoms with Gasteiger partial charge in [0.15, 0.2) is 0 Å². The van der Waals surface area contributed by atoms with Crippen molar-refractivity contribution in [2.75, 3.05) is 26.0 Å². The molecule has 120 valence electrons. The Labute approximate surface area is 126 Å². The van der Waals surface area contributed by atoms with Crippen LogP contribution in [-0.2, 0) is 10.0 Å². The SMILES string of the molecule is COc1ccc(N)cc1S(=O)(=O)NCC(C)(C)CCCO. The molecule has 1 aromatic carbocycles. The third-order valence-corrected chi connectivity index (χ3v) is 4.65. The lowest BCUT2D eigenvalue weighted by Gasteiger charge is -2.24. The molecule has 7 heteroatoms. The fourth-order valence-electron chi connectivity index (χ4n) is 1.92. The van der Waals surface area contributed by atoms with Gasteiger partial charge in [0.1, 0.15) is 10.6 Å². The fraction of sp³-hybridized carbons (Fsp3) is 0.571. The molecule has 0 aliphatic carbocycles.